The van der Waals surface area contributed by atoms with Crippen LogP contribution in [0.15, 0.2) is 0 Å². The molecule has 2 saturated heterocycles. The predicted octanol–water partition coefficient (Wildman–Crippen LogP) is 1.59. The highest BCUT2D eigenvalue weighted by Crippen LogP contribution is 2.35. The topological polar surface area (TPSA) is 20.3 Å². The molecule has 0 amide bonds. The molecule has 2 aliphatic rings. The molecule has 0 N–H and O–H groups in total. The number of fused-ring (bicyclic) bond motifs is 2. The average molecular weight is 167 g/mol. The predicted molar refractivity (Wildman–Crippen MR) is 48.0 cm³/mol. The van der Waals surface area contributed by atoms with E-state index in [9.17, 15) is 4.79 Å². The van der Waals surface area contributed by atoms with Crippen molar-refractivity contribution < 1.29 is 4.79 Å². The molecule has 2 bridgehead atoms. The minimum atomic E-state index is 0.729. The molecule has 0 aromatic carbocycles. The van der Waals surface area contributed by atoms with Crippen molar-refractivity contribution in [3.05, 3.63) is 0 Å². The summed E-state index contributed by atoms with van der Waals surface area (Å²) in [5.74, 6) is 0. The van der Waals surface area contributed by atoms with Gasteiger partial charge in [0, 0.05) is 25.0 Å². The lowest BCUT2D eigenvalue weighted by Gasteiger charge is -2.34. The standard InChI is InChI=1S/C10H17NO/c12-8-2-7-11-9-3-1-4-10(11)6-5-9/h8-10H,1-7H2. The molecule has 0 spiro atoms. The van der Waals surface area contributed by atoms with E-state index in [1.807, 2.05) is 0 Å². The molecule has 2 aliphatic heterocycles. The molecular formula is C10H17NO. The summed E-state index contributed by atoms with van der Waals surface area (Å²) < 4.78 is 0. The Balaban J connectivity index is 1.91. The van der Waals surface area contributed by atoms with Gasteiger partial charge in [0.1, 0.15) is 6.29 Å². The highest BCUT2D eigenvalue weighted by molar-refractivity contribution is 5.49. The molecule has 0 aliphatic carbocycles. The van der Waals surface area contributed by atoms with Gasteiger partial charge in [-0.1, -0.05) is 6.42 Å². The van der Waals surface area contributed by atoms with E-state index in [0.717, 1.165) is 31.3 Å². The first-order valence-electron chi connectivity index (χ1n) is 5.11. The molecule has 2 atom stereocenters. The van der Waals surface area contributed by atoms with Gasteiger partial charge in [-0.25, -0.2) is 0 Å². The van der Waals surface area contributed by atoms with Crippen LogP contribution in [-0.2, 0) is 4.79 Å². The minimum Gasteiger partial charge on any atom is -0.303 e. The quantitative estimate of drug-likeness (QED) is 0.595. The molecular weight excluding hydrogens is 150 g/mol. The monoisotopic (exact) mass is 167 g/mol. The van der Waals surface area contributed by atoms with Gasteiger partial charge in [0.25, 0.3) is 0 Å². The van der Waals surface area contributed by atoms with E-state index in [-0.39, 0.29) is 0 Å². The number of nitrogens with zero attached hydrogens (tertiary/aromatic N) is 1. The van der Waals surface area contributed by atoms with Crippen molar-refractivity contribution in [2.75, 3.05) is 6.54 Å². The molecule has 2 fully saturated rings. The van der Waals surface area contributed by atoms with E-state index in [2.05, 4.69) is 4.90 Å². The summed E-state index contributed by atoms with van der Waals surface area (Å²) in [6, 6.07) is 1.65. The summed E-state index contributed by atoms with van der Waals surface area (Å²) in [6.07, 6.45) is 8.69. The van der Waals surface area contributed by atoms with Gasteiger partial charge in [-0.2, -0.15) is 0 Å². The summed E-state index contributed by atoms with van der Waals surface area (Å²) in [7, 11) is 0. The second-order valence-corrected chi connectivity index (χ2v) is 4.01. The molecule has 2 heteroatoms. The average Bonchev–Trinajstić information content (AvgIpc) is 2.36. The lowest BCUT2D eigenvalue weighted by molar-refractivity contribution is -0.108. The van der Waals surface area contributed by atoms with Crippen LogP contribution in [-0.4, -0.2) is 29.8 Å². The van der Waals surface area contributed by atoms with Crippen molar-refractivity contribution in [2.45, 2.75) is 50.6 Å². The Bertz CT molecular complexity index is 153. The zero-order valence-corrected chi connectivity index (χ0v) is 7.54. The number of aldehydes is 1. The number of rotatable bonds is 3. The normalized spacial score (nSPS) is 35.3. The molecule has 0 aromatic rings. The molecule has 2 unspecified atom stereocenters. The highest BCUT2D eigenvalue weighted by atomic mass is 16.1. The summed E-state index contributed by atoms with van der Waals surface area (Å²) in [4.78, 5) is 12.8. The van der Waals surface area contributed by atoms with E-state index in [4.69, 9.17) is 0 Å². The largest absolute Gasteiger partial charge is 0.303 e. The number of carbonyl (C=O) groups is 1. The Labute approximate surface area is 73.9 Å². The molecule has 2 rings (SSSR count). The number of hydrogen-bond acceptors (Lipinski definition) is 2. The lowest BCUT2D eigenvalue weighted by Crippen LogP contribution is -2.40. The van der Waals surface area contributed by atoms with Gasteiger partial charge in [0.2, 0.25) is 0 Å². The third-order valence-corrected chi connectivity index (χ3v) is 3.35. The van der Waals surface area contributed by atoms with Crippen LogP contribution in [0.1, 0.15) is 38.5 Å². The zero-order chi connectivity index (χ0) is 8.39. The van der Waals surface area contributed by atoms with Crippen LogP contribution in [0.4, 0.5) is 0 Å². The maximum atomic E-state index is 10.3. The summed E-state index contributed by atoms with van der Waals surface area (Å²) in [5.41, 5.74) is 0. The van der Waals surface area contributed by atoms with Crippen molar-refractivity contribution in [2.24, 2.45) is 0 Å². The van der Waals surface area contributed by atoms with Gasteiger partial charge in [0.15, 0.2) is 0 Å². The van der Waals surface area contributed by atoms with Gasteiger partial charge >= 0.3 is 0 Å². The fraction of sp³-hybridized carbons (Fsp3) is 0.900. The van der Waals surface area contributed by atoms with E-state index in [1.165, 1.54) is 32.1 Å². The van der Waals surface area contributed by atoms with Gasteiger partial charge in [-0.15, -0.1) is 0 Å². The van der Waals surface area contributed by atoms with Crippen LogP contribution in [0.3, 0.4) is 0 Å². The fourth-order valence-corrected chi connectivity index (χ4v) is 2.79. The summed E-state index contributed by atoms with van der Waals surface area (Å²) in [5, 5.41) is 0. The van der Waals surface area contributed by atoms with Crippen molar-refractivity contribution in [3.8, 4) is 0 Å². The van der Waals surface area contributed by atoms with Crippen LogP contribution in [0.25, 0.3) is 0 Å². The molecule has 0 radical (unpaired) electrons. The Kier molecular flexibility index (Phi) is 2.45. The maximum absolute atomic E-state index is 10.3. The number of piperidine rings is 1. The van der Waals surface area contributed by atoms with Crippen molar-refractivity contribution in [3.63, 3.8) is 0 Å². The van der Waals surface area contributed by atoms with Gasteiger partial charge in [0.05, 0.1) is 0 Å². The van der Waals surface area contributed by atoms with Crippen LogP contribution >= 0.6 is 0 Å². The van der Waals surface area contributed by atoms with Crippen LogP contribution in [0, 0.1) is 0 Å². The Morgan fingerprint density at radius 1 is 1.17 bits per heavy atom. The molecule has 0 aromatic heterocycles. The van der Waals surface area contributed by atoms with Crippen LogP contribution < -0.4 is 0 Å². The first kappa shape index (κ1) is 8.24. The Morgan fingerprint density at radius 2 is 1.83 bits per heavy atom. The Morgan fingerprint density at radius 3 is 2.42 bits per heavy atom. The first-order chi connectivity index (χ1) is 5.92. The van der Waals surface area contributed by atoms with Crippen molar-refractivity contribution in [1.29, 1.82) is 0 Å². The number of carbonyl (C=O) groups excluding carboxylic acids is 1. The maximum Gasteiger partial charge on any atom is 0.121 e. The molecule has 12 heavy (non-hydrogen) atoms. The third-order valence-electron chi connectivity index (χ3n) is 3.35. The summed E-state index contributed by atoms with van der Waals surface area (Å²) in [6.45, 7) is 1.01. The lowest BCUT2D eigenvalue weighted by atomic mass is 10.0. The summed E-state index contributed by atoms with van der Waals surface area (Å²) >= 11 is 0. The van der Waals surface area contributed by atoms with Gasteiger partial charge < -0.3 is 4.79 Å². The van der Waals surface area contributed by atoms with E-state index in [1.54, 1.807) is 0 Å². The van der Waals surface area contributed by atoms with Crippen LogP contribution in [0.5, 0.6) is 0 Å². The van der Waals surface area contributed by atoms with E-state index < -0.39 is 0 Å². The second-order valence-electron chi connectivity index (χ2n) is 4.01. The second kappa shape index (κ2) is 3.56. The molecule has 2 heterocycles. The first-order valence-corrected chi connectivity index (χ1v) is 5.11. The zero-order valence-electron chi connectivity index (χ0n) is 7.54. The highest BCUT2D eigenvalue weighted by Gasteiger charge is 2.35. The van der Waals surface area contributed by atoms with Crippen LogP contribution in [0.2, 0.25) is 0 Å². The van der Waals surface area contributed by atoms with E-state index in [0.29, 0.717) is 0 Å². The fourth-order valence-electron chi connectivity index (χ4n) is 2.79. The minimum absolute atomic E-state index is 0.729. The van der Waals surface area contributed by atoms with Gasteiger partial charge in [-0.05, 0) is 25.7 Å². The van der Waals surface area contributed by atoms with Crippen molar-refractivity contribution >= 4 is 6.29 Å². The van der Waals surface area contributed by atoms with Gasteiger partial charge in [-0.3, -0.25) is 4.90 Å². The Hall–Kier alpha value is -0.370. The van der Waals surface area contributed by atoms with Crippen molar-refractivity contribution in [1.82, 2.24) is 4.90 Å². The molecule has 2 nitrogen and oxygen atoms in total. The molecule has 0 saturated carbocycles. The SMILES string of the molecule is O=CCCN1C2CCCC1CC2. The van der Waals surface area contributed by atoms with E-state index >= 15 is 0 Å². The molecule has 68 valence electrons. The number of hydrogen-bond donors (Lipinski definition) is 0. The smallest absolute Gasteiger partial charge is 0.121 e. The third kappa shape index (κ3) is 1.40.